The molecule has 0 amide bonds. The van der Waals surface area contributed by atoms with Gasteiger partial charge in [-0.05, 0) is 99.6 Å². The number of hydrogen-bond donors (Lipinski definition) is 1. The largest absolute Gasteiger partial charge is 0.457 e. The quantitative estimate of drug-likeness (QED) is 0.349. The van der Waals surface area contributed by atoms with Crippen LogP contribution >= 0.6 is 45.2 Å². The highest BCUT2D eigenvalue weighted by atomic mass is 127. The average molecular weight is 555 g/mol. The second-order valence-electron chi connectivity index (χ2n) is 5.83. The summed E-state index contributed by atoms with van der Waals surface area (Å²) in [5.74, 6) is 1.72. The van der Waals surface area contributed by atoms with E-state index in [0.717, 1.165) is 18.0 Å². The highest BCUT2D eigenvalue weighted by Gasteiger charge is 2.09. The van der Waals surface area contributed by atoms with Crippen molar-refractivity contribution in [2.75, 3.05) is 0 Å². The maximum Gasteiger partial charge on any atom is 0.127 e. The van der Waals surface area contributed by atoms with Crippen LogP contribution in [0.2, 0.25) is 0 Å². The molecule has 0 heterocycles. The third-order valence-corrected chi connectivity index (χ3v) is 5.52. The molecule has 0 aliphatic carbocycles. The molecule has 3 rings (SSSR count). The standard InChI is InChI=1S/C21H19I2NO/c1-15(20-11-10-17(22)13-21(20)23)24-14-16-6-5-9-19(12-16)25-18-7-3-2-4-8-18/h2-13,15,24H,14H2,1H3. The molecule has 0 aliphatic heterocycles. The Morgan fingerprint density at radius 2 is 1.64 bits per heavy atom. The van der Waals surface area contributed by atoms with Crippen molar-refractivity contribution in [2.24, 2.45) is 0 Å². The number of para-hydroxylation sites is 1. The van der Waals surface area contributed by atoms with Gasteiger partial charge in [0, 0.05) is 19.7 Å². The van der Waals surface area contributed by atoms with Gasteiger partial charge in [0.2, 0.25) is 0 Å². The van der Waals surface area contributed by atoms with Crippen molar-refractivity contribution in [1.29, 1.82) is 0 Å². The summed E-state index contributed by atoms with van der Waals surface area (Å²) in [6.07, 6.45) is 0. The SMILES string of the molecule is CC(NCc1cccc(Oc2ccccc2)c1)c1ccc(I)cc1I. The zero-order valence-electron chi connectivity index (χ0n) is 13.9. The predicted octanol–water partition coefficient (Wildman–Crippen LogP) is 6.54. The van der Waals surface area contributed by atoms with E-state index in [1.165, 1.54) is 18.3 Å². The van der Waals surface area contributed by atoms with Crippen LogP contribution in [0, 0.1) is 7.14 Å². The number of halogens is 2. The van der Waals surface area contributed by atoms with E-state index in [9.17, 15) is 0 Å². The zero-order valence-corrected chi connectivity index (χ0v) is 18.2. The molecule has 1 N–H and O–H groups in total. The van der Waals surface area contributed by atoms with Crippen molar-refractivity contribution in [1.82, 2.24) is 5.32 Å². The number of ether oxygens (including phenoxy) is 1. The summed E-state index contributed by atoms with van der Waals surface area (Å²) in [5.41, 5.74) is 2.54. The summed E-state index contributed by atoms with van der Waals surface area (Å²) in [6, 6.07) is 25.0. The summed E-state index contributed by atoms with van der Waals surface area (Å²) in [7, 11) is 0. The Bertz CT molecular complexity index is 836. The summed E-state index contributed by atoms with van der Waals surface area (Å²) in [5, 5.41) is 3.60. The van der Waals surface area contributed by atoms with Crippen molar-refractivity contribution in [2.45, 2.75) is 19.5 Å². The average Bonchev–Trinajstić information content (AvgIpc) is 2.61. The Labute approximate surface area is 176 Å². The van der Waals surface area contributed by atoms with E-state index in [2.05, 4.69) is 87.8 Å². The molecule has 0 aromatic heterocycles. The van der Waals surface area contributed by atoms with Crippen molar-refractivity contribution < 1.29 is 4.74 Å². The molecule has 1 atom stereocenters. The normalized spacial score (nSPS) is 12.0. The lowest BCUT2D eigenvalue weighted by molar-refractivity contribution is 0.481. The molecule has 0 saturated carbocycles. The van der Waals surface area contributed by atoms with E-state index in [4.69, 9.17) is 4.74 Å². The van der Waals surface area contributed by atoms with Gasteiger partial charge in [-0.3, -0.25) is 0 Å². The third kappa shape index (κ3) is 5.43. The summed E-state index contributed by atoms with van der Waals surface area (Å²) >= 11 is 4.76. The fraction of sp³-hybridized carbons (Fsp3) is 0.143. The van der Waals surface area contributed by atoms with E-state index in [-0.39, 0.29) is 0 Å². The second-order valence-corrected chi connectivity index (χ2v) is 8.24. The van der Waals surface area contributed by atoms with Crippen LogP contribution in [-0.2, 0) is 6.54 Å². The zero-order chi connectivity index (χ0) is 17.6. The van der Waals surface area contributed by atoms with E-state index < -0.39 is 0 Å². The fourth-order valence-corrected chi connectivity index (χ4v) is 4.65. The summed E-state index contributed by atoms with van der Waals surface area (Å²) in [4.78, 5) is 0. The molecular weight excluding hydrogens is 536 g/mol. The van der Waals surface area contributed by atoms with Crippen molar-refractivity contribution in [3.8, 4) is 11.5 Å². The Kier molecular flexibility index (Phi) is 6.72. The number of rotatable bonds is 6. The molecular formula is C21H19I2NO. The molecule has 3 aromatic rings. The number of hydrogen-bond acceptors (Lipinski definition) is 2. The van der Waals surface area contributed by atoms with Crippen LogP contribution in [0.3, 0.4) is 0 Å². The lowest BCUT2D eigenvalue weighted by atomic mass is 10.1. The van der Waals surface area contributed by atoms with E-state index in [1.807, 2.05) is 42.5 Å². The van der Waals surface area contributed by atoms with Crippen LogP contribution in [0.5, 0.6) is 11.5 Å². The molecule has 3 aromatic carbocycles. The van der Waals surface area contributed by atoms with Crippen molar-refractivity contribution in [3.05, 3.63) is 91.1 Å². The van der Waals surface area contributed by atoms with E-state index >= 15 is 0 Å². The Morgan fingerprint density at radius 1 is 0.880 bits per heavy atom. The summed E-state index contributed by atoms with van der Waals surface area (Å²) in [6.45, 7) is 3.00. The first-order valence-electron chi connectivity index (χ1n) is 8.12. The fourth-order valence-electron chi connectivity index (χ4n) is 2.58. The highest BCUT2D eigenvalue weighted by molar-refractivity contribution is 14.1. The first kappa shape index (κ1) is 18.7. The van der Waals surface area contributed by atoms with Crippen LogP contribution in [0.1, 0.15) is 24.1 Å². The molecule has 4 heteroatoms. The molecule has 0 fully saturated rings. The monoisotopic (exact) mass is 555 g/mol. The molecule has 0 radical (unpaired) electrons. The minimum atomic E-state index is 0.294. The lowest BCUT2D eigenvalue weighted by Gasteiger charge is -2.16. The predicted molar refractivity (Wildman–Crippen MR) is 120 cm³/mol. The van der Waals surface area contributed by atoms with Gasteiger partial charge in [0.1, 0.15) is 11.5 Å². The van der Waals surface area contributed by atoms with Crippen molar-refractivity contribution in [3.63, 3.8) is 0 Å². The smallest absolute Gasteiger partial charge is 0.127 e. The molecule has 0 spiro atoms. The minimum Gasteiger partial charge on any atom is -0.457 e. The Balaban J connectivity index is 1.64. The van der Waals surface area contributed by atoms with Crippen LogP contribution < -0.4 is 10.1 Å². The molecule has 2 nitrogen and oxygen atoms in total. The Morgan fingerprint density at radius 3 is 2.40 bits per heavy atom. The summed E-state index contributed by atoms with van der Waals surface area (Å²) < 4.78 is 8.48. The highest BCUT2D eigenvalue weighted by Crippen LogP contribution is 2.24. The van der Waals surface area contributed by atoms with Gasteiger partial charge in [0.25, 0.3) is 0 Å². The van der Waals surface area contributed by atoms with Gasteiger partial charge in [0.15, 0.2) is 0 Å². The van der Waals surface area contributed by atoms with Crippen molar-refractivity contribution >= 4 is 45.2 Å². The maximum absolute atomic E-state index is 5.91. The van der Waals surface area contributed by atoms with Crippen LogP contribution in [0.25, 0.3) is 0 Å². The van der Waals surface area contributed by atoms with E-state index in [0.29, 0.717) is 6.04 Å². The van der Waals surface area contributed by atoms with Crippen LogP contribution in [0.4, 0.5) is 0 Å². The Hall–Kier alpha value is -1.12. The number of nitrogens with one attached hydrogen (secondary N) is 1. The number of benzene rings is 3. The molecule has 0 bridgehead atoms. The molecule has 25 heavy (non-hydrogen) atoms. The molecule has 128 valence electrons. The van der Waals surface area contributed by atoms with E-state index in [1.54, 1.807) is 0 Å². The first-order chi connectivity index (χ1) is 12.1. The van der Waals surface area contributed by atoms with Gasteiger partial charge in [-0.25, -0.2) is 0 Å². The van der Waals surface area contributed by atoms with Gasteiger partial charge >= 0.3 is 0 Å². The molecule has 0 saturated heterocycles. The third-order valence-electron chi connectivity index (χ3n) is 3.92. The van der Waals surface area contributed by atoms with Gasteiger partial charge < -0.3 is 10.1 Å². The second kappa shape index (κ2) is 9.00. The molecule has 0 aliphatic rings. The maximum atomic E-state index is 5.91. The van der Waals surface area contributed by atoms with Crippen LogP contribution in [-0.4, -0.2) is 0 Å². The van der Waals surface area contributed by atoms with Gasteiger partial charge in [0.05, 0.1) is 0 Å². The first-order valence-corrected chi connectivity index (χ1v) is 10.3. The van der Waals surface area contributed by atoms with Gasteiger partial charge in [-0.1, -0.05) is 36.4 Å². The van der Waals surface area contributed by atoms with Gasteiger partial charge in [-0.15, -0.1) is 0 Å². The van der Waals surface area contributed by atoms with Crippen LogP contribution in [0.15, 0.2) is 72.8 Å². The minimum absolute atomic E-state index is 0.294. The molecule has 1 unspecified atom stereocenters. The lowest BCUT2D eigenvalue weighted by Crippen LogP contribution is -2.19. The topological polar surface area (TPSA) is 21.3 Å². The van der Waals surface area contributed by atoms with Gasteiger partial charge in [-0.2, -0.15) is 0 Å².